The summed E-state index contributed by atoms with van der Waals surface area (Å²) in [6.07, 6.45) is 2.57. The SMILES string of the molecule is CCOC(=O)C(CCSC)NC(=O)C(Cc1cccc(N(CCCl)CCCl)c1)NC(=O)C(N)Cc1ccc(F)cc1.Cl. The second-order valence-electron chi connectivity index (χ2n) is 9.33. The second-order valence-corrected chi connectivity index (χ2v) is 11.1. The third kappa shape index (κ3) is 13.0. The van der Waals surface area contributed by atoms with Crippen molar-refractivity contribution in [2.75, 3.05) is 48.4 Å². The van der Waals surface area contributed by atoms with E-state index < -0.39 is 35.9 Å². The van der Waals surface area contributed by atoms with E-state index in [4.69, 9.17) is 33.7 Å². The van der Waals surface area contributed by atoms with Gasteiger partial charge in [0.2, 0.25) is 11.8 Å². The molecule has 0 fully saturated rings. The summed E-state index contributed by atoms with van der Waals surface area (Å²) < 4.78 is 18.5. The highest BCUT2D eigenvalue weighted by molar-refractivity contribution is 7.98. The molecule has 0 radical (unpaired) electrons. The number of nitrogens with zero attached hydrogens (tertiary/aromatic N) is 1. The average molecular weight is 666 g/mol. The van der Waals surface area contributed by atoms with Crippen LogP contribution in [0.5, 0.6) is 0 Å². The number of anilines is 1. The minimum atomic E-state index is -1.03. The van der Waals surface area contributed by atoms with Crippen LogP contribution in [0.1, 0.15) is 24.5 Å². The molecule has 0 aromatic heterocycles. The Hall–Kier alpha value is -2.24. The van der Waals surface area contributed by atoms with Crippen LogP contribution in [0.25, 0.3) is 0 Å². The molecule has 2 amide bonds. The Bertz CT molecular complexity index is 1110. The lowest BCUT2D eigenvalue weighted by molar-refractivity contribution is -0.147. The zero-order valence-corrected chi connectivity index (χ0v) is 27.0. The Morgan fingerprint density at radius 3 is 2.21 bits per heavy atom. The maximum atomic E-state index is 13.5. The van der Waals surface area contributed by atoms with E-state index in [1.54, 1.807) is 19.1 Å². The number of rotatable bonds is 18. The third-order valence-corrected chi connectivity index (χ3v) is 7.24. The van der Waals surface area contributed by atoms with Crippen molar-refractivity contribution in [1.82, 2.24) is 10.6 Å². The maximum absolute atomic E-state index is 13.5. The van der Waals surface area contributed by atoms with Crippen molar-refractivity contribution in [1.29, 1.82) is 0 Å². The van der Waals surface area contributed by atoms with E-state index in [0.717, 1.165) is 11.3 Å². The molecule has 234 valence electrons. The summed E-state index contributed by atoms with van der Waals surface area (Å²) in [6.45, 7) is 3.05. The molecule has 0 bridgehead atoms. The minimum absolute atomic E-state index is 0. The summed E-state index contributed by atoms with van der Waals surface area (Å²) >= 11 is 13.5. The third-order valence-electron chi connectivity index (χ3n) is 6.26. The van der Waals surface area contributed by atoms with Crippen LogP contribution >= 0.6 is 47.4 Å². The fraction of sp³-hybridized carbons (Fsp3) is 0.483. The first-order chi connectivity index (χ1) is 19.7. The standard InChI is InChI=1S/C29H39Cl2FN4O4S.ClH/c1-3-40-29(39)25(11-16-41-2)34-28(38)26(35-27(37)24(33)18-20-7-9-22(32)10-8-20)19-21-5-4-6-23(17-21)36(14-12-30)15-13-31;/h4-10,17,24-26H,3,11-16,18-19,33H2,1-2H3,(H,34,38)(H,35,37);1H. The highest BCUT2D eigenvalue weighted by Crippen LogP contribution is 2.18. The molecule has 42 heavy (non-hydrogen) atoms. The Morgan fingerprint density at radius 2 is 1.62 bits per heavy atom. The van der Waals surface area contributed by atoms with E-state index in [9.17, 15) is 18.8 Å². The number of alkyl halides is 2. The molecule has 8 nitrogen and oxygen atoms in total. The normalized spacial score (nSPS) is 12.8. The van der Waals surface area contributed by atoms with Gasteiger partial charge in [-0.05, 0) is 67.2 Å². The molecule has 2 rings (SSSR count). The fourth-order valence-corrected chi connectivity index (χ4v) is 5.02. The smallest absolute Gasteiger partial charge is 0.328 e. The molecule has 13 heteroatoms. The summed E-state index contributed by atoms with van der Waals surface area (Å²) in [5.74, 6) is -0.545. The summed E-state index contributed by atoms with van der Waals surface area (Å²) in [5, 5.41) is 5.53. The summed E-state index contributed by atoms with van der Waals surface area (Å²) in [5.41, 5.74) is 8.51. The largest absolute Gasteiger partial charge is 0.464 e. The van der Waals surface area contributed by atoms with Crippen LogP contribution in [0.2, 0.25) is 0 Å². The molecule has 0 aliphatic carbocycles. The number of carbonyl (C=O) groups excluding carboxylic acids is 3. The van der Waals surface area contributed by atoms with E-state index in [-0.39, 0.29) is 37.7 Å². The summed E-state index contributed by atoms with van der Waals surface area (Å²) in [4.78, 5) is 41.3. The number of thioether (sulfide) groups is 1. The van der Waals surface area contributed by atoms with Gasteiger partial charge in [-0.2, -0.15) is 11.8 Å². The molecular weight excluding hydrogens is 626 g/mol. The van der Waals surface area contributed by atoms with Gasteiger partial charge in [-0.15, -0.1) is 35.6 Å². The molecule has 4 N–H and O–H groups in total. The number of esters is 1. The number of nitrogens with one attached hydrogen (secondary N) is 2. The van der Waals surface area contributed by atoms with Crippen molar-refractivity contribution < 1.29 is 23.5 Å². The molecule has 3 atom stereocenters. The van der Waals surface area contributed by atoms with Crippen molar-refractivity contribution in [2.45, 2.75) is 44.3 Å². The Morgan fingerprint density at radius 1 is 0.976 bits per heavy atom. The molecule has 0 heterocycles. The van der Waals surface area contributed by atoms with Crippen LogP contribution in [0.15, 0.2) is 48.5 Å². The van der Waals surface area contributed by atoms with Gasteiger partial charge < -0.3 is 26.0 Å². The molecule has 2 aromatic rings. The van der Waals surface area contributed by atoms with Crippen LogP contribution < -0.4 is 21.3 Å². The molecular formula is C29H40Cl3FN4O4S. The Kier molecular flexibility index (Phi) is 18.6. The van der Waals surface area contributed by atoms with Crippen LogP contribution in [0.3, 0.4) is 0 Å². The monoisotopic (exact) mass is 664 g/mol. The maximum Gasteiger partial charge on any atom is 0.328 e. The molecule has 3 unspecified atom stereocenters. The van der Waals surface area contributed by atoms with Crippen molar-refractivity contribution in [3.63, 3.8) is 0 Å². The van der Waals surface area contributed by atoms with Gasteiger partial charge >= 0.3 is 5.97 Å². The molecule has 0 aliphatic heterocycles. The minimum Gasteiger partial charge on any atom is -0.464 e. The average Bonchev–Trinajstić information content (AvgIpc) is 2.96. The van der Waals surface area contributed by atoms with E-state index >= 15 is 0 Å². The van der Waals surface area contributed by atoms with Gasteiger partial charge in [0.15, 0.2) is 0 Å². The van der Waals surface area contributed by atoms with E-state index in [2.05, 4.69) is 10.6 Å². The number of halogens is 4. The van der Waals surface area contributed by atoms with E-state index in [0.29, 0.717) is 42.6 Å². The number of ether oxygens (including phenoxy) is 1. The number of hydrogen-bond donors (Lipinski definition) is 3. The van der Waals surface area contributed by atoms with Gasteiger partial charge in [0, 0.05) is 37.0 Å². The molecule has 0 saturated carbocycles. The highest BCUT2D eigenvalue weighted by atomic mass is 35.5. The van der Waals surface area contributed by atoms with Crippen molar-refractivity contribution in [3.8, 4) is 0 Å². The first-order valence-corrected chi connectivity index (χ1v) is 15.9. The van der Waals surface area contributed by atoms with Crippen molar-refractivity contribution >= 4 is 70.8 Å². The quantitative estimate of drug-likeness (QED) is 0.163. The van der Waals surface area contributed by atoms with E-state index in [1.165, 1.54) is 23.9 Å². The van der Waals surface area contributed by atoms with Gasteiger partial charge in [-0.3, -0.25) is 9.59 Å². The topological polar surface area (TPSA) is 114 Å². The van der Waals surface area contributed by atoms with Gasteiger partial charge in [-0.25, -0.2) is 9.18 Å². The van der Waals surface area contributed by atoms with Crippen LogP contribution in [-0.2, 0) is 32.0 Å². The molecule has 0 spiro atoms. The zero-order chi connectivity index (χ0) is 30.2. The lowest BCUT2D eigenvalue weighted by Crippen LogP contribution is -2.55. The van der Waals surface area contributed by atoms with Gasteiger partial charge in [-0.1, -0.05) is 24.3 Å². The highest BCUT2D eigenvalue weighted by Gasteiger charge is 2.29. The van der Waals surface area contributed by atoms with Crippen molar-refractivity contribution in [3.05, 3.63) is 65.5 Å². The lowest BCUT2D eigenvalue weighted by atomic mass is 10.0. The summed E-state index contributed by atoms with van der Waals surface area (Å²) in [7, 11) is 0. The van der Waals surface area contributed by atoms with E-state index in [1.807, 2.05) is 35.4 Å². The second kappa shape index (κ2) is 20.6. The number of hydrogen-bond acceptors (Lipinski definition) is 7. The lowest BCUT2D eigenvalue weighted by Gasteiger charge is -2.25. The van der Waals surface area contributed by atoms with Crippen LogP contribution in [0.4, 0.5) is 10.1 Å². The van der Waals surface area contributed by atoms with Crippen LogP contribution in [-0.4, -0.2) is 79.4 Å². The van der Waals surface area contributed by atoms with Crippen molar-refractivity contribution in [2.24, 2.45) is 5.73 Å². The predicted octanol–water partition coefficient (Wildman–Crippen LogP) is 3.93. The number of amides is 2. The van der Waals surface area contributed by atoms with Crippen LogP contribution in [0, 0.1) is 5.82 Å². The molecule has 2 aromatic carbocycles. The fourth-order valence-electron chi connectivity index (χ4n) is 4.14. The molecule has 0 saturated heterocycles. The number of nitrogens with two attached hydrogens (primary N) is 1. The van der Waals surface area contributed by atoms with Gasteiger partial charge in [0.25, 0.3) is 0 Å². The Balaban J connectivity index is 0.00000882. The number of benzene rings is 2. The first-order valence-electron chi connectivity index (χ1n) is 13.4. The predicted molar refractivity (Wildman–Crippen MR) is 173 cm³/mol. The summed E-state index contributed by atoms with van der Waals surface area (Å²) in [6, 6.07) is 10.4. The Labute approximate surface area is 268 Å². The molecule has 0 aliphatic rings. The van der Waals surface area contributed by atoms with Gasteiger partial charge in [0.1, 0.15) is 17.9 Å². The number of carbonyl (C=O) groups is 3. The zero-order valence-electron chi connectivity index (χ0n) is 23.8. The first kappa shape index (κ1) is 37.8. The van der Waals surface area contributed by atoms with Gasteiger partial charge in [0.05, 0.1) is 12.6 Å².